The number of aromatic nitrogens is 4. The van der Waals surface area contributed by atoms with Crippen LogP contribution in [0.1, 0.15) is 16.7 Å². The number of nitrogens with one attached hydrogen (secondary N) is 2. The lowest BCUT2D eigenvalue weighted by atomic mass is 9.99. The number of benzene rings is 1. The molecule has 0 saturated heterocycles. The van der Waals surface area contributed by atoms with Gasteiger partial charge in [0.2, 0.25) is 0 Å². The monoisotopic (exact) mass is 353 g/mol. The van der Waals surface area contributed by atoms with Crippen LogP contribution in [0.2, 0.25) is 0 Å². The second-order valence-corrected chi connectivity index (χ2v) is 7.03. The van der Waals surface area contributed by atoms with Crippen LogP contribution in [0, 0.1) is 20.8 Å². The normalized spacial score (nSPS) is 11.8. The number of H-pyrrole nitrogens is 1. The topological polar surface area (TPSA) is 66.5 Å². The molecule has 0 saturated carbocycles. The number of imidazole rings is 1. The molecular weight excluding hydrogens is 334 g/mol. The van der Waals surface area contributed by atoms with Crippen LogP contribution >= 0.6 is 0 Å². The van der Waals surface area contributed by atoms with Crippen molar-refractivity contribution in [1.29, 1.82) is 0 Å². The lowest BCUT2D eigenvalue weighted by molar-refractivity contribution is 1.23. The fourth-order valence-electron chi connectivity index (χ4n) is 3.97. The van der Waals surface area contributed by atoms with Crippen LogP contribution in [0.5, 0.6) is 0 Å². The van der Waals surface area contributed by atoms with Crippen LogP contribution in [0.4, 0.5) is 11.5 Å². The number of hydrogen-bond acceptors (Lipinski definition) is 4. The molecule has 4 heterocycles. The van der Waals surface area contributed by atoms with Gasteiger partial charge in [-0.3, -0.25) is 4.98 Å². The predicted octanol–water partition coefficient (Wildman–Crippen LogP) is 5.18. The van der Waals surface area contributed by atoms with Gasteiger partial charge in [0.1, 0.15) is 17.3 Å². The third-order valence-electron chi connectivity index (χ3n) is 5.02. The zero-order chi connectivity index (χ0) is 18.5. The van der Waals surface area contributed by atoms with Crippen molar-refractivity contribution in [1.82, 2.24) is 19.9 Å². The van der Waals surface area contributed by atoms with E-state index in [1.54, 1.807) is 12.4 Å². The quantitative estimate of drug-likeness (QED) is 0.435. The fraction of sp³-hybridized carbons (Fsp3) is 0.136. The number of pyridine rings is 2. The summed E-state index contributed by atoms with van der Waals surface area (Å²) in [6.45, 7) is 6.40. The van der Waals surface area contributed by atoms with E-state index < -0.39 is 0 Å². The van der Waals surface area contributed by atoms with Crippen LogP contribution < -0.4 is 5.32 Å². The molecule has 0 spiro atoms. The lowest BCUT2D eigenvalue weighted by Gasteiger charge is -2.10. The van der Waals surface area contributed by atoms with Crippen molar-refractivity contribution in [2.24, 2.45) is 0 Å². The number of aryl methyl sites for hydroxylation is 3. The highest BCUT2D eigenvalue weighted by Gasteiger charge is 2.24. The van der Waals surface area contributed by atoms with Gasteiger partial charge in [-0.1, -0.05) is 17.7 Å². The smallest absolute Gasteiger partial charge is 0.139 e. The first-order chi connectivity index (χ1) is 13.1. The van der Waals surface area contributed by atoms with E-state index in [4.69, 9.17) is 4.98 Å². The van der Waals surface area contributed by atoms with Crippen molar-refractivity contribution in [3.8, 4) is 33.9 Å². The van der Waals surface area contributed by atoms with E-state index in [0.29, 0.717) is 0 Å². The molecule has 1 aliphatic heterocycles. The lowest BCUT2D eigenvalue weighted by Crippen LogP contribution is -1.96. The molecule has 0 radical (unpaired) electrons. The molecule has 4 aromatic rings. The standard InChI is InChI=1S/C22H19N5/c1-12-9-13(2)18(14(3)10-12)22-26-19-15-6-8-23-11-17(15)25-21-16(20(19)27-22)5-4-7-24-21/h4-11H,1-3H3,(H,24,25)(H,26,27). The highest BCUT2D eigenvalue weighted by atomic mass is 15.0. The summed E-state index contributed by atoms with van der Waals surface area (Å²) in [6.07, 6.45) is 5.41. The number of hydrogen-bond donors (Lipinski definition) is 2. The van der Waals surface area contributed by atoms with E-state index in [-0.39, 0.29) is 0 Å². The van der Waals surface area contributed by atoms with Gasteiger partial charge in [-0.25, -0.2) is 9.97 Å². The van der Waals surface area contributed by atoms with Gasteiger partial charge in [0.05, 0.1) is 17.6 Å². The van der Waals surface area contributed by atoms with Crippen LogP contribution in [0.15, 0.2) is 48.9 Å². The summed E-state index contributed by atoms with van der Waals surface area (Å²) in [5, 5.41) is 3.39. The zero-order valence-electron chi connectivity index (χ0n) is 15.5. The maximum Gasteiger partial charge on any atom is 0.139 e. The zero-order valence-corrected chi connectivity index (χ0v) is 15.5. The minimum atomic E-state index is 0.793. The summed E-state index contributed by atoms with van der Waals surface area (Å²) >= 11 is 0. The molecule has 132 valence electrons. The Morgan fingerprint density at radius 3 is 2.56 bits per heavy atom. The molecule has 0 atom stereocenters. The van der Waals surface area contributed by atoms with Gasteiger partial charge in [-0.15, -0.1) is 0 Å². The SMILES string of the molecule is Cc1cc(C)c(-c2nc3c([nH]2)-c2ccncc2Nc2ncccc2-3)c(C)c1. The molecule has 2 N–H and O–H groups in total. The van der Waals surface area contributed by atoms with Gasteiger partial charge in [-0.05, 0) is 50.1 Å². The number of rotatable bonds is 1. The van der Waals surface area contributed by atoms with E-state index >= 15 is 0 Å². The maximum absolute atomic E-state index is 5.02. The van der Waals surface area contributed by atoms with Crippen molar-refractivity contribution in [2.45, 2.75) is 20.8 Å². The van der Waals surface area contributed by atoms with Gasteiger partial charge < -0.3 is 10.3 Å². The molecule has 3 aromatic heterocycles. The summed E-state index contributed by atoms with van der Waals surface area (Å²) in [7, 11) is 0. The summed E-state index contributed by atoms with van der Waals surface area (Å²) in [4.78, 5) is 17.4. The van der Waals surface area contributed by atoms with Crippen molar-refractivity contribution < 1.29 is 0 Å². The number of fused-ring (bicyclic) bond motifs is 5. The Morgan fingerprint density at radius 2 is 1.74 bits per heavy atom. The van der Waals surface area contributed by atoms with E-state index in [1.807, 2.05) is 24.4 Å². The molecule has 5 rings (SSSR count). The van der Waals surface area contributed by atoms with E-state index in [1.165, 1.54) is 16.7 Å². The van der Waals surface area contributed by atoms with E-state index in [0.717, 1.165) is 45.4 Å². The minimum absolute atomic E-state index is 0.793. The van der Waals surface area contributed by atoms with Crippen LogP contribution in [-0.2, 0) is 0 Å². The minimum Gasteiger partial charge on any atom is -0.338 e. The first-order valence-electron chi connectivity index (χ1n) is 8.97. The molecule has 1 aliphatic rings. The summed E-state index contributed by atoms with van der Waals surface area (Å²) < 4.78 is 0. The van der Waals surface area contributed by atoms with Gasteiger partial charge >= 0.3 is 0 Å². The third-order valence-corrected chi connectivity index (χ3v) is 5.02. The molecule has 5 heteroatoms. The summed E-state index contributed by atoms with van der Waals surface area (Å²) in [5.74, 6) is 1.68. The van der Waals surface area contributed by atoms with E-state index in [9.17, 15) is 0 Å². The Morgan fingerprint density at radius 1 is 0.926 bits per heavy atom. The Bertz CT molecular complexity index is 1100. The second-order valence-electron chi connectivity index (χ2n) is 7.03. The van der Waals surface area contributed by atoms with Crippen molar-refractivity contribution >= 4 is 11.5 Å². The van der Waals surface area contributed by atoms with Gasteiger partial charge in [0.15, 0.2) is 0 Å². The second kappa shape index (κ2) is 5.77. The van der Waals surface area contributed by atoms with Crippen LogP contribution in [-0.4, -0.2) is 19.9 Å². The average molecular weight is 353 g/mol. The average Bonchev–Trinajstić information content (AvgIpc) is 3.01. The molecule has 1 aromatic carbocycles. The highest BCUT2D eigenvalue weighted by Crippen LogP contribution is 2.43. The molecule has 0 unspecified atom stereocenters. The Labute approximate surface area is 157 Å². The highest BCUT2D eigenvalue weighted by molar-refractivity contribution is 5.95. The number of aromatic amines is 1. The Kier molecular flexibility index (Phi) is 3.37. The molecule has 0 fully saturated rings. The van der Waals surface area contributed by atoms with E-state index in [2.05, 4.69) is 53.2 Å². The van der Waals surface area contributed by atoms with Gasteiger partial charge in [0.25, 0.3) is 0 Å². The van der Waals surface area contributed by atoms with Gasteiger partial charge in [-0.2, -0.15) is 0 Å². The third kappa shape index (κ3) is 2.43. The summed E-state index contributed by atoms with van der Waals surface area (Å²) in [5.41, 5.74) is 9.69. The molecule has 0 aliphatic carbocycles. The summed E-state index contributed by atoms with van der Waals surface area (Å²) in [6, 6.07) is 10.4. The molecule has 27 heavy (non-hydrogen) atoms. The number of nitrogens with zero attached hydrogens (tertiary/aromatic N) is 3. The largest absolute Gasteiger partial charge is 0.338 e. The number of anilines is 2. The molecule has 0 bridgehead atoms. The van der Waals surface area contributed by atoms with Crippen molar-refractivity contribution in [3.05, 3.63) is 65.6 Å². The fourth-order valence-corrected chi connectivity index (χ4v) is 3.97. The predicted molar refractivity (Wildman–Crippen MR) is 108 cm³/mol. The molecule has 5 nitrogen and oxygen atoms in total. The van der Waals surface area contributed by atoms with Gasteiger partial charge in [0, 0.05) is 29.1 Å². The first kappa shape index (κ1) is 15.8. The Balaban J connectivity index is 1.82. The van der Waals surface area contributed by atoms with Crippen molar-refractivity contribution in [2.75, 3.05) is 5.32 Å². The van der Waals surface area contributed by atoms with Crippen LogP contribution in [0.3, 0.4) is 0 Å². The van der Waals surface area contributed by atoms with Crippen molar-refractivity contribution in [3.63, 3.8) is 0 Å². The molecule has 0 amide bonds. The Hall–Kier alpha value is -3.47. The first-order valence-corrected chi connectivity index (χ1v) is 8.97. The molecular formula is C22H19N5. The maximum atomic E-state index is 5.02. The van der Waals surface area contributed by atoms with Crippen LogP contribution in [0.25, 0.3) is 33.9 Å².